The number of nitrogens with zero attached hydrogens (tertiary/aromatic N) is 8. The van der Waals surface area contributed by atoms with E-state index in [4.69, 9.17) is 25.1 Å². The molecule has 0 radical (unpaired) electrons. The van der Waals surface area contributed by atoms with Gasteiger partial charge < -0.3 is 30.0 Å². The van der Waals surface area contributed by atoms with Crippen LogP contribution in [0.5, 0.6) is 0 Å². The van der Waals surface area contributed by atoms with Crippen molar-refractivity contribution in [1.82, 2.24) is 39.2 Å². The highest BCUT2D eigenvalue weighted by atomic mass is 19.3. The summed E-state index contributed by atoms with van der Waals surface area (Å²) in [6.45, 7) is 70.0. The lowest BCUT2D eigenvalue weighted by atomic mass is 9.76. The van der Waals surface area contributed by atoms with Crippen molar-refractivity contribution in [2.45, 2.75) is 321 Å². The highest BCUT2D eigenvalue weighted by Gasteiger charge is 2.48. The second kappa shape index (κ2) is 43.3. The molecule has 3 N–H and O–H groups in total. The normalized spacial score (nSPS) is 21.1. The van der Waals surface area contributed by atoms with Crippen molar-refractivity contribution in [2.24, 2.45) is 17.1 Å². The van der Waals surface area contributed by atoms with E-state index in [1.54, 1.807) is 12.0 Å². The fraction of sp³-hybridized carbons (Fsp3) is 1.00. The van der Waals surface area contributed by atoms with Crippen LogP contribution in [0.1, 0.15) is 252 Å². The molecule has 0 spiro atoms. The van der Waals surface area contributed by atoms with Crippen LogP contribution in [0.4, 0.5) is 8.78 Å². The van der Waals surface area contributed by atoms with E-state index in [-0.39, 0.29) is 97.1 Å². The zero-order valence-corrected chi connectivity index (χ0v) is 55.8. The van der Waals surface area contributed by atoms with Gasteiger partial charge in [0.05, 0.1) is 38.5 Å². The van der Waals surface area contributed by atoms with Crippen molar-refractivity contribution in [3.8, 4) is 0 Å². The molecule has 8 saturated heterocycles. The average molecular weight is 1250 g/mol. The van der Waals surface area contributed by atoms with Gasteiger partial charge in [0.1, 0.15) is 0 Å². The molecule has 0 aromatic carbocycles. The quantitative estimate of drug-likeness (QED) is 0.275. The van der Waals surface area contributed by atoms with Crippen molar-refractivity contribution >= 4 is 0 Å². The number of nitrogens with two attached hydrogens (primary N) is 1. The number of alkyl halides is 2. The summed E-state index contributed by atoms with van der Waals surface area (Å²) in [5, 5.41) is 8.94. The molecule has 8 heterocycles. The lowest BCUT2D eigenvalue weighted by Crippen LogP contribution is -2.63. The first kappa shape index (κ1) is 104. The Labute approximate surface area is 542 Å². The Kier molecular flexibility index (Phi) is 52.4. The number of likely N-dealkylation sites (tertiary alicyclic amines) is 6. The van der Waals surface area contributed by atoms with E-state index < -0.39 is 5.92 Å². The van der Waals surface area contributed by atoms with Crippen LogP contribution in [-0.4, -0.2) is 253 Å². The van der Waals surface area contributed by atoms with E-state index in [0.29, 0.717) is 45.3 Å². The maximum absolute atomic E-state index is 12.3. The zero-order valence-electron chi connectivity index (χ0n) is 55.8. The first-order valence-corrected chi connectivity index (χ1v) is 30.0. The minimum Gasteiger partial charge on any atom is -0.390 e. The lowest BCUT2D eigenvalue weighted by molar-refractivity contribution is -0.160. The first-order valence-electron chi connectivity index (χ1n) is 30.0. The summed E-state index contributed by atoms with van der Waals surface area (Å²) in [7, 11) is 6.10. The topological polar surface area (TPSA) is 99.9 Å². The van der Waals surface area contributed by atoms with E-state index in [0.717, 1.165) is 90.7 Å². The number of aliphatic hydroxyl groups is 1. The fourth-order valence-electron chi connectivity index (χ4n) is 9.30. The Hall–Kier alpha value is -0.660. The van der Waals surface area contributed by atoms with Gasteiger partial charge in [-0.2, -0.15) is 0 Å². The van der Waals surface area contributed by atoms with Gasteiger partial charge in [-0.3, -0.25) is 34.3 Å². The summed E-state index contributed by atoms with van der Waals surface area (Å²) in [6, 6.07) is 1.22. The van der Waals surface area contributed by atoms with Gasteiger partial charge in [0, 0.05) is 137 Å². The highest BCUT2D eigenvalue weighted by molar-refractivity contribution is 4.95. The highest BCUT2D eigenvalue weighted by Crippen LogP contribution is 2.34. The number of morpholine rings is 1. The van der Waals surface area contributed by atoms with Crippen LogP contribution in [-0.2, 0) is 14.2 Å². The number of rotatable bonds is 2. The smallest absolute Gasteiger partial charge is 0.272 e. The number of ether oxygens (including phenoxy) is 3. The molecule has 8 aliphatic heterocycles. The minimum absolute atomic E-state index is 0. The fourth-order valence-corrected chi connectivity index (χ4v) is 9.30. The van der Waals surface area contributed by atoms with Gasteiger partial charge >= 0.3 is 0 Å². The number of methoxy groups -OCH3 is 1. The van der Waals surface area contributed by atoms with E-state index in [1.807, 2.05) is 20.8 Å². The van der Waals surface area contributed by atoms with E-state index in [2.05, 4.69) is 194 Å². The SMILES string of the molecule is C.C.C.C.C.C.C.C.C.CC(C)(C)C1CCOCC1.CC(C)(C)N1CC(F)(F)C1.CC(C)(C)N1CC(N)C1.CC(C)(C)N1CC(O)C1.CC(C)(C)N1CCC1.CC(C)(C)N1CCOCC1.CN(C)C1CN(C(C)(C)C)C1.COC1CN(C(C)(C)C)C1. The molecule has 0 aliphatic carbocycles. The molecule has 0 aromatic rings. The molecule has 0 atom stereocenters. The average Bonchev–Trinajstić information content (AvgIpc) is 3.15. The van der Waals surface area contributed by atoms with Crippen LogP contribution in [0.2, 0.25) is 0 Å². The van der Waals surface area contributed by atoms with Crippen molar-refractivity contribution in [2.75, 3.05) is 139 Å². The maximum atomic E-state index is 12.3. The third-order valence-electron chi connectivity index (χ3n) is 16.3. The predicted octanol–water partition coefficient (Wildman–Crippen LogP) is 15.6. The molecule has 0 bridgehead atoms. The molecule has 15 heteroatoms. The van der Waals surface area contributed by atoms with Gasteiger partial charge in [-0.25, -0.2) is 8.78 Å². The van der Waals surface area contributed by atoms with Crippen molar-refractivity contribution in [1.29, 1.82) is 0 Å². The first-order chi connectivity index (χ1) is 34.6. The molecule has 13 nitrogen and oxygen atoms in total. The second-order valence-electron chi connectivity index (χ2n) is 31.6. The minimum atomic E-state index is -2.42. The van der Waals surface area contributed by atoms with Crippen molar-refractivity contribution in [3.05, 3.63) is 0 Å². The monoisotopic (exact) mass is 1250 g/mol. The molecule has 86 heavy (non-hydrogen) atoms. The number of likely N-dealkylation sites (N-methyl/N-ethyl adjacent to an activating group) is 1. The molecule has 0 saturated carbocycles. The van der Waals surface area contributed by atoms with Gasteiger partial charge in [-0.1, -0.05) is 87.6 Å². The Morgan fingerprint density at radius 3 is 0.895 bits per heavy atom. The Morgan fingerprint density at radius 2 is 0.721 bits per heavy atom. The second-order valence-corrected chi connectivity index (χ2v) is 31.6. The zero-order chi connectivity index (χ0) is 60.0. The molecular weight excluding hydrogens is 1080 g/mol. The number of halogens is 2. The van der Waals surface area contributed by atoms with Crippen LogP contribution in [0, 0.1) is 11.3 Å². The number of aliphatic hydroxyl groups excluding tert-OH is 1. The number of hydrogen-bond acceptors (Lipinski definition) is 13. The van der Waals surface area contributed by atoms with E-state index in [1.165, 1.54) is 45.4 Å². The Bertz CT molecular complexity index is 1500. The van der Waals surface area contributed by atoms with Crippen LogP contribution in [0.3, 0.4) is 0 Å². The number of β-amino-alcohol motifs (C(OH)–C–C–N with tert-alkyl or cyclic N) is 1. The summed E-state index contributed by atoms with van der Waals surface area (Å²) in [5.41, 5.74) is 8.04. The number of hydrogen-bond donors (Lipinski definition) is 2. The van der Waals surface area contributed by atoms with E-state index >= 15 is 0 Å². The van der Waals surface area contributed by atoms with Crippen LogP contribution < -0.4 is 5.73 Å². The molecule has 0 unspecified atom stereocenters. The third-order valence-corrected chi connectivity index (χ3v) is 16.3. The summed E-state index contributed by atoms with van der Waals surface area (Å²) in [4.78, 5) is 18.6. The van der Waals surface area contributed by atoms with Crippen LogP contribution in [0.25, 0.3) is 0 Å². The van der Waals surface area contributed by atoms with E-state index in [9.17, 15) is 8.78 Å². The van der Waals surface area contributed by atoms with Gasteiger partial charge in [-0.15, -0.1) is 0 Å². The van der Waals surface area contributed by atoms with Gasteiger partial charge in [0.2, 0.25) is 0 Å². The lowest BCUT2D eigenvalue weighted by Gasteiger charge is -2.49. The summed E-state index contributed by atoms with van der Waals surface area (Å²) >= 11 is 0. The molecule has 534 valence electrons. The van der Waals surface area contributed by atoms with Crippen LogP contribution in [0.15, 0.2) is 0 Å². The van der Waals surface area contributed by atoms with Crippen LogP contribution >= 0.6 is 0 Å². The maximum Gasteiger partial charge on any atom is 0.272 e. The molecule has 8 fully saturated rings. The summed E-state index contributed by atoms with van der Waals surface area (Å²) < 4.78 is 40.3. The van der Waals surface area contributed by atoms with Crippen molar-refractivity contribution in [3.63, 3.8) is 0 Å². The standard InChI is InChI=1S/C9H20N2.C9H18O.2C8H17NO.C7H13F2N.C7H16N2.C7H15NO.C7H15N.9CH4/c1-9(2,3)11-6-8(7-11)10(4)5;1-9(2,3)8-4-6-10-7-5-8;1-8(2,3)9-5-7(6-9)10-4;1-8(2,3)9-4-6-10-7-5-9;1-6(2,3)10-4-7(8,9)5-10;1-7(2,3)9-4-6(8)5-9;1-7(2,3)8-4-6(9)5-8;1-7(2,3)8-5-4-6-8;;;;;;;;;/h8H,6-7H2,1-5H3;8H,4-7H2,1-3H3;7H,5-6H2,1-4H3;4-7H2,1-3H3;4-5H2,1-3H3;6H,4-5,8H2,1-3H3;6,9H,4-5H2,1-3H3;4-6H2,1-3H3;9*1H4. The molecule has 0 amide bonds. The predicted molar refractivity (Wildman–Crippen MR) is 385 cm³/mol. The third kappa shape index (κ3) is 41.0. The molecule has 0 aromatic heterocycles. The summed E-state index contributed by atoms with van der Waals surface area (Å²) in [5.74, 6) is -1.55. The summed E-state index contributed by atoms with van der Waals surface area (Å²) in [6.07, 6.45) is 4.33. The molecular formula is C71H167F2N9O4. The largest absolute Gasteiger partial charge is 0.390 e. The Morgan fingerprint density at radius 1 is 0.430 bits per heavy atom. The van der Waals surface area contributed by atoms with Crippen molar-refractivity contribution < 1.29 is 28.1 Å². The Balaban J connectivity index is -0.000000111. The van der Waals surface area contributed by atoms with Gasteiger partial charge in [-0.05, 0) is 203 Å². The van der Waals surface area contributed by atoms with Gasteiger partial charge in [0.25, 0.3) is 5.92 Å². The molecule has 8 rings (SSSR count). The van der Waals surface area contributed by atoms with Gasteiger partial charge in [0.15, 0.2) is 0 Å². The molecule has 8 aliphatic rings.